The molecule has 6 rings (SSSR count). The molecule has 1 fully saturated rings. The number of benzene rings is 2. The molecule has 11 nitrogen and oxygen atoms in total. The second-order valence-corrected chi connectivity index (χ2v) is 12.7. The Labute approximate surface area is 263 Å². The Morgan fingerprint density at radius 2 is 1.78 bits per heavy atom. The highest BCUT2D eigenvalue weighted by Crippen LogP contribution is 2.54. The van der Waals surface area contributed by atoms with Crippen LogP contribution in [0.15, 0.2) is 60.8 Å². The zero-order valence-corrected chi connectivity index (χ0v) is 25.7. The van der Waals surface area contributed by atoms with E-state index < -0.39 is 17.8 Å². The summed E-state index contributed by atoms with van der Waals surface area (Å²) in [7, 11) is 0. The predicted molar refractivity (Wildman–Crippen MR) is 166 cm³/mol. The van der Waals surface area contributed by atoms with Gasteiger partial charge in [-0.3, -0.25) is 9.99 Å². The van der Waals surface area contributed by atoms with Crippen LogP contribution in [0.1, 0.15) is 61.9 Å². The van der Waals surface area contributed by atoms with E-state index in [0.717, 1.165) is 16.1 Å². The van der Waals surface area contributed by atoms with Crippen molar-refractivity contribution < 1.29 is 13.2 Å². The molecule has 1 saturated carbocycles. The number of hydrogen-bond acceptors (Lipinski definition) is 10. The highest BCUT2D eigenvalue weighted by atomic mass is 19.4. The van der Waals surface area contributed by atoms with Crippen molar-refractivity contribution in [1.82, 2.24) is 35.9 Å². The van der Waals surface area contributed by atoms with E-state index in [4.69, 9.17) is 0 Å². The maximum Gasteiger partial charge on any atom is 0.413 e. The number of nitrogens with zero attached hydrogens (tertiary/aromatic N) is 7. The van der Waals surface area contributed by atoms with Crippen LogP contribution in [-0.4, -0.2) is 43.2 Å². The lowest BCUT2D eigenvalue weighted by molar-refractivity contribution is -0.195. The quantitative estimate of drug-likeness (QED) is 0.191. The largest absolute Gasteiger partial charge is 0.413 e. The maximum atomic E-state index is 14.1. The van der Waals surface area contributed by atoms with Gasteiger partial charge in [-0.05, 0) is 54.5 Å². The van der Waals surface area contributed by atoms with Crippen LogP contribution in [-0.2, 0) is 0 Å². The zero-order valence-electron chi connectivity index (χ0n) is 25.7. The summed E-state index contributed by atoms with van der Waals surface area (Å²) in [5.74, 6) is 0. The van der Waals surface area contributed by atoms with Gasteiger partial charge in [0, 0.05) is 30.0 Å². The average molecular weight is 628 g/mol. The lowest BCUT2D eigenvalue weighted by atomic mass is 9.95. The van der Waals surface area contributed by atoms with E-state index in [-0.39, 0.29) is 23.8 Å². The number of nitrogens with one attached hydrogen (secondary N) is 4. The molecule has 236 valence electrons. The number of rotatable bonds is 8. The summed E-state index contributed by atoms with van der Waals surface area (Å²) >= 11 is 0. The minimum atomic E-state index is -4.43. The van der Waals surface area contributed by atoms with Crippen LogP contribution in [0.3, 0.4) is 0 Å². The second kappa shape index (κ2) is 11.2. The summed E-state index contributed by atoms with van der Waals surface area (Å²) in [5.41, 5.74) is 8.30. The van der Waals surface area contributed by atoms with Gasteiger partial charge < -0.3 is 16.1 Å². The number of alkyl halides is 3. The molecule has 0 amide bonds. The van der Waals surface area contributed by atoms with Crippen LogP contribution in [0.2, 0.25) is 0 Å². The topological polar surface area (TPSA) is 143 Å². The third-order valence-corrected chi connectivity index (χ3v) is 8.22. The Bertz CT molecular complexity index is 1910. The summed E-state index contributed by atoms with van der Waals surface area (Å²) in [6.45, 7) is 8.63. The fraction of sp³-hybridized carbons (Fsp3) is 0.344. The standard InChI is InChI=1S/C32H32F3N11/c1-19-23(6-5-7-26(19)46-40-10-11-41-46)29(25-17-45(44-43-25)31(8-9-31)32(33,34)35)42-22-12-20(14-36)27-24(13-22)28(21(15-37)16-38-27)39-18-30(2,3)4/h5-7,10-13,16-17,29,42-44H,8-9,18H2,1-4H3,(H,38,39)/t29-/m0/s1. The molecule has 2 aromatic carbocycles. The molecule has 14 heteroatoms. The molecule has 2 aliphatic rings. The number of fused-ring (bicyclic) bond motifs is 1. The van der Waals surface area contributed by atoms with Crippen LogP contribution >= 0.6 is 0 Å². The monoisotopic (exact) mass is 627 g/mol. The molecular formula is C32H32F3N11. The Balaban J connectivity index is 1.48. The Hall–Kier alpha value is -5.34. The van der Waals surface area contributed by atoms with Crippen molar-refractivity contribution in [1.29, 1.82) is 10.5 Å². The molecule has 0 saturated heterocycles. The molecule has 0 bridgehead atoms. The van der Waals surface area contributed by atoms with Gasteiger partial charge in [-0.1, -0.05) is 32.9 Å². The van der Waals surface area contributed by atoms with E-state index in [1.165, 1.54) is 17.2 Å². The zero-order chi connectivity index (χ0) is 32.9. The number of pyridine rings is 1. The summed E-state index contributed by atoms with van der Waals surface area (Å²) in [4.78, 5) is 5.91. The molecule has 0 spiro atoms. The highest BCUT2D eigenvalue weighted by Gasteiger charge is 2.67. The molecule has 46 heavy (non-hydrogen) atoms. The van der Waals surface area contributed by atoms with Gasteiger partial charge in [0.05, 0.1) is 52.2 Å². The van der Waals surface area contributed by atoms with Gasteiger partial charge in [-0.2, -0.15) is 38.7 Å². The van der Waals surface area contributed by atoms with E-state index in [9.17, 15) is 23.7 Å². The van der Waals surface area contributed by atoms with Crippen LogP contribution in [0.4, 0.5) is 24.5 Å². The first-order valence-electron chi connectivity index (χ1n) is 14.7. The lowest BCUT2D eigenvalue weighted by Gasteiger charge is -2.28. The Morgan fingerprint density at radius 3 is 2.41 bits per heavy atom. The Kier molecular flexibility index (Phi) is 7.49. The molecule has 0 unspecified atom stereocenters. The first-order chi connectivity index (χ1) is 21.8. The average Bonchev–Trinajstić information content (AvgIpc) is 3.41. The number of hydrazine groups is 2. The fourth-order valence-corrected chi connectivity index (χ4v) is 5.59. The van der Waals surface area contributed by atoms with Crippen molar-refractivity contribution in [3.8, 4) is 17.8 Å². The molecule has 3 heterocycles. The van der Waals surface area contributed by atoms with Crippen molar-refractivity contribution in [3.63, 3.8) is 0 Å². The first-order valence-corrected chi connectivity index (χ1v) is 14.7. The van der Waals surface area contributed by atoms with Crippen LogP contribution < -0.4 is 21.6 Å². The third kappa shape index (κ3) is 5.52. The first kappa shape index (κ1) is 30.7. The van der Waals surface area contributed by atoms with Gasteiger partial charge in [0.25, 0.3) is 0 Å². The van der Waals surface area contributed by atoms with Crippen molar-refractivity contribution >= 4 is 22.3 Å². The summed E-state index contributed by atoms with van der Waals surface area (Å²) in [5, 5.41) is 37.0. The predicted octanol–water partition coefficient (Wildman–Crippen LogP) is 5.74. The molecule has 4 N–H and O–H groups in total. The molecule has 1 aliphatic carbocycles. The summed E-state index contributed by atoms with van der Waals surface area (Å²) in [6, 6.07) is 12.7. The lowest BCUT2D eigenvalue weighted by Crippen LogP contribution is -2.52. The number of anilines is 2. The van der Waals surface area contributed by atoms with Gasteiger partial charge in [0.2, 0.25) is 0 Å². The molecule has 2 aromatic heterocycles. The summed E-state index contributed by atoms with van der Waals surface area (Å²) < 4.78 is 42.2. The van der Waals surface area contributed by atoms with Gasteiger partial charge in [0.15, 0.2) is 5.54 Å². The number of hydrogen-bond donors (Lipinski definition) is 4. The van der Waals surface area contributed by atoms with Crippen molar-refractivity contribution in [2.24, 2.45) is 5.41 Å². The van der Waals surface area contributed by atoms with Gasteiger partial charge in [-0.25, -0.2) is 0 Å². The van der Waals surface area contributed by atoms with Crippen molar-refractivity contribution in [2.45, 2.75) is 58.3 Å². The number of aromatic nitrogens is 4. The van der Waals surface area contributed by atoms with Crippen LogP contribution in [0, 0.1) is 35.0 Å². The molecule has 4 aromatic rings. The molecule has 0 radical (unpaired) electrons. The third-order valence-electron chi connectivity index (χ3n) is 8.22. The minimum Gasteiger partial charge on any atom is -0.383 e. The van der Waals surface area contributed by atoms with E-state index in [1.54, 1.807) is 24.5 Å². The minimum absolute atomic E-state index is 0.0265. The van der Waals surface area contributed by atoms with Crippen molar-refractivity contribution in [2.75, 3.05) is 17.2 Å². The number of nitriles is 2. The SMILES string of the molecule is Cc1c([C@H](Nc2cc(C#N)c3ncc(C#N)c(NCC(C)(C)C)c3c2)C2=CN(C3(C(F)(F)F)CC3)NN2)cccc1-n1nccn1. The van der Waals surface area contributed by atoms with E-state index in [0.29, 0.717) is 45.8 Å². The van der Waals surface area contributed by atoms with Gasteiger partial charge in [-0.15, -0.1) is 5.53 Å². The van der Waals surface area contributed by atoms with Crippen LogP contribution in [0.25, 0.3) is 16.6 Å². The maximum absolute atomic E-state index is 14.1. The normalized spacial score (nSPS) is 16.3. The smallest absolute Gasteiger partial charge is 0.383 e. The fourth-order valence-electron chi connectivity index (χ4n) is 5.59. The summed E-state index contributed by atoms with van der Waals surface area (Å²) in [6.07, 6.45) is 1.52. The molecule has 1 atom stereocenters. The Morgan fingerprint density at radius 1 is 1.07 bits per heavy atom. The van der Waals surface area contributed by atoms with E-state index in [2.05, 4.69) is 69.7 Å². The van der Waals surface area contributed by atoms with Gasteiger partial charge >= 0.3 is 6.18 Å². The molecule has 1 aliphatic heterocycles. The van der Waals surface area contributed by atoms with Gasteiger partial charge in [0.1, 0.15) is 12.1 Å². The molecular weight excluding hydrogens is 595 g/mol. The highest BCUT2D eigenvalue weighted by molar-refractivity contribution is 5.99. The van der Waals surface area contributed by atoms with E-state index >= 15 is 0 Å². The second-order valence-electron chi connectivity index (χ2n) is 12.7. The van der Waals surface area contributed by atoms with E-state index in [1.807, 2.05) is 25.1 Å². The number of halogens is 3. The van der Waals surface area contributed by atoms with Crippen LogP contribution in [0.5, 0.6) is 0 Å². The van der Waals surface area contributed by atoms with Crippen molar-refractivity contribution in [3.05, 3.63) is 83.1 Å².